The fourth-order valence-corrected chi connectivity index (χ4v) is 0.666. The Bertz CT molecular complexity index is 335. The molecule has 0 spiro atoms. The van der Waals surface area contributed by atoms with Crippen LogP contribution in [0.2, 0.25) is 0 Å². The number of nitrogens with one attached hydrogen (secondary N) is 1. The second-order valence-electron chi connectivity index (χ2n) is 2.03. The SMILES string of the molecule is O=[N+]([O-])Nc1ccc([N+](=O)[O-])nc1. The van der Waals surface area contributed by atoms with Gasteiger partial charge in [0.25, 0.3) is 0 Å². The summed E-state index contributed by atoms with van der Waals surface area (Å²) in [6, 6.07) is 2.28. The molecule has 0 aliphatic heterocycles. The molecule has 68 valence electrons. The zero-order valence-electron chi connectivity index (χ0n) is 6.21. The molecule has 13 heavy (non-hydrogen) atoms. The molecule has 0 bridgehead atoms. The maximum absolute atomic E-state index is 10.1. The Labute approximate surface area is 71.5 Å². The largest absolute Gasteiger partial charge is 0.363 e. The lowest BCUT2D eigenvalue weighted by Crippen LogP contribution is -2.07. The van der Waals surface area contributed by atoms with Gasteiger partial charge in [0.2, 0.25) is 0 Å². The van der Waals surface area contributed by atoms with E-state index in [4.69, 9.17) is 0 Å². The Morgan fingerprint density at radius 2 is 2.00 bits per heavy atom. The standard InChI is InChI=1S/C5H4N4O4/c10-8(11)5-2-1-4(3-6-5)7-9(12)13/h1-3,7H. The average Bonchev–Trinajstić information content (AvgIpc) is 2.04. The lowest BCUT2D eigenvalue weighted by atomic mass is 10.4. The van der Waals surface area contributed by atoms with E-state index in [0.29, 0.717) is 0 Å². The number of hydrazine groups is 1. The lowest BCUT2D eigenvalue weighted by Gasteiger charge is -1.93. The summed E-state index contributed by atoms with van der Waals surface area (Å²) < 4.78 is 0. The van der Waals surface area contributed by atoms with Crippen LogP contribution >= 0.6 is 0 Å². The van der Waals surface area contributed by atoms with Crippen molar-refractivity contribution in [1.82, 2.24) is 4.98 Å². The molecule has 0 saturated heterocycles. The van der Waals surface area contributed by atoms with E-state index in [-0.39, 0.29) is 11.5 Å². The summed E-state index contributed by atoms with van der Waals surface area (Å²) in [4.78, 5) is 22.7. The summed E-state index contributed by atoms with van der Waals surface area (Å²) in [5.41, 5.74) is 1.90. The molecule has 0 aliphatic carbocycles. The summed E-state index contributed by atoms with van der Waals surface area (Å²) in [5, 5.41) is 19.3. The number of rotatable bonds is 3. The zero-order valence-corrected chi connectivity index (χ0v) is 6.21. The molecule has 1 aromatic heterocycles. The third kappa shape index (κ3) is 2.36. The van der Waals surface area contributed by atoms with Gasteiger partial charge >= 0.3 is 5.82 Å². The van der Waals surface area contributed by atoms with Gasteiger partial charge < -0.3 is 10.1 Å². The van der Waals surface area contributed by atoms with Crippen LogP contribution in [-0.2, 0) is 0 Å². The quantitative estimate of drug-likeness (QED) is 0.543. The molecule has 0 amide bonds. The van der Waals surface area contributed by atoms with Crippen molar-refractivity contribution in [2.45, 2.75) is 0 Å². The van der Waals surface area contributed by atoms with Gasteiger partial charge in [0.05, 0.1) is 0 Å². The van der Waals surface area contributed by atoms with Gasteiger partial charge in [-0.05, 0) is 16.0 Å². The summed E-state index contributed by atoms with van der Waals surface area (Å²) in [7, 11) is 0. The van der Waals surface area contributed by atoms with Crippen molar-refractivity contribution < 1.29 is 9.96 Å². The Kier molecular flexibility index (Phi) is 2.33. The first-order valence-corrected chi connectivity index (χ1v) is 3.11. The highest BCUT2D eigenvalue weighted by Gasteiger charge is 2.07. The Morgan fingerprint density at radius 3 is 2.38 bits per heavy atom. The van der Waals surface area contributed by atoms with E-state index >= 15 is 0 Å². The van der Waals surface area contributed by atoms with Gasteiger partial charge in [-0.2, -0.15) is 0 Å². The predicted octanol–water partition coefficient (Wildman–Crippen LogP) is 0.593. The van der Waals surface area contributed by atoms with Crippen molar-refractivity contribution in [3.8, 4) is 0 Å². The van der Waals surface area contributed by atoms with Crippen molar-refractivity contribution in [2.75, 3.05) is 5.43 Å². The second-order valence-corrected chi connectivity index (χ2v) is 2.03. The molecule has 1 aromatic rings. The summed E-state index contributed by atoms with van der Waals surface area (Å²) in [6.45, 7) is 0. The van der Waals surface area contributed by atoms with E-state index < -0.39 is 9.96 Å². The maximum atomic E-state index is 10.1. The summed E-state index contributed by atoms with van der Waals surface area (Å²) in [6.07, 6.45) is 1.01. The minimum atomic E-state index is -0.775. The summed E-state index contributed by atoms with van der Waals surface area (Å²) in [5.74, 6) is -0.353. The van der Waals surface area contributed by atoms with Gasteiger partial charge in [-0.3, -0.25) is 0 Å². The van der Waals surface area contributed by atoms with Crippen molar-refractivity contribution >= 4 is 11.5 Å². The molecule has 0 saturated carbocycles. The van der Waals surface area contributed by atoms with Crippen molar-refractivity contribution in [3.05, 3.63) is 38.6 Å². The molecule has 0 aliphatic rings. The van der Waals surface area contributed by atoms with Gasteiger partial charge in [0.1, 0.15) is 5.69 Å². The van der Waals surface area contributed by atoms with E-state index in [9.17, 15) is 20.2 Å². The minimum Gasteiger partial charge on any atom is -0.358 e. The van der Waals surface area contributed by atoms with E-state index in [1.807, 2.05) is 5.43 Å². The number of hydrogen-bond acceptors (Lipinski definition) is 5. The number of nitro groups is 2. The van der Waals surface area contributed by atoms with Crippen LogP contribution in [0.25, 0.3) is 0 Å². The van der Waals surface area contributed by atoms with Gasteiger partial charge in [-0.25, -0.2) is 10.1 Å². The Morgan fingerprint density at radius 1 is 1.31 bits per heavy atom. The highest BCUT2D eigenvalue weighted by molar-refractivity contribution is 5.40. The van der Waals surface area contributed by atoms with Crippen LogP contribution in [-0.4, -0.2) is 14.9 Å². The first-order valence-electron chi connectivity index (χ1n) is 3.11. The third-order valence-corrected chi connectivity index (χ3v) is 1.16. The van der Waals surface area contributed by atoms with E-state index in [1.165, 1.54) is 6.07 Å². The molecule has 8 heteroatoms. The molecule has 0 aromatic carbocycles. The second kappa shape index (κ2) is 3.43. The fraction of sp³-hybridized carbons (Fsp3) is 0. The normalized spacial score (nSPS) is 9.23. The smallest absolute Gasteiger partial charge is 0.358 e. The van der Waals surface area contributed by atoms with Crippen LogP contribution in [0.3, 0.4) is 0 Å². The molecule has 0 fully saturated rings. The molecular formula is C5H4N4O4. The van der Waals surface area contributed by atoms with Crippen LogP contribution in [0, 0.1) is 20.2 Å². The molecular weight excluding hydrogens is 180 g/mol. The van der Waals surface area contributed by atoms with Crippen LogP contribution in [0.1, 0.15) is 0 Å². The monoisotopic (exact) mass is 184 g/mol. The van der Waals surface area contributed by atoms with Gasteiger partial charge in [-0.1, -0.05) is 0 Å². The number of aromatic nitrogens is 1. The Hall–Kier alpha value is -2.25. The van der Waals surface area contributed by atoms with Crippen LogP contribution in [0.5, 0.6) is 0 Å². The molecule has 0 unspecified atom stereocenters. The van der Waals surface area contributed by atoms with Crippen molar-refractivity contribution in [1.29, 1.82) is 0 Å². The Balaban J connectivity index is 2.81. The van der Waals surface area contributed by atoms with Crippen molar-refractivity contribution in [2.24, 2.45) is 0 Å². The first-order chi connectivity index (χ1) is 6.09. The minimum absolute atomic E-state index is 0.0931. The van der Waals surface area contributed by atoms with Crippen molar-refractivity contribution in [3.63, 3.8) is 0 Å². The van der Waals surface area contributed by atoms with E-state index in [2.05, 4.69) is 4.98 Å². The number of hydrogen-bond donors (Lipinski definition) is 1. The number of pyridine rings is 1. The van der Waals surface area contributed by atoms with E-state index in [0.717, 1.165) is 12.3 Å². The molecule has 0 radical (unpaired) electrons. The predicted molar refractivity (Wildman–Crippen MR) is 41.5 cm³/mol. The van der Waals surface area contributed by atoms with E-state index in [1.54, 1.807) is 0 Å². The number of nitrogens with zero attached hydrogens (tertiary/aromatic N) is 3. The lowest BCUT2D eigenvalue weighted by molar-refractivity contribution is -0.445. The molecule has 0 atom stereocenters. The highest BCUT2D eigenvalue weighted by atomic mass is 16.7. The van der Waals surface area contributed by atoms with Gasteiger partial charge in [0.15, 0.2) is 11.2 Å². The van der Waals surface area contributed by atoms with Crippen LogP contribution in [0.4, 0.5) is 11.5 Å². The maximum Gasteiger partial charge on any atom is 0.363 e. The zero-order chi connectivity index (χ0) is 9.84. The first kappa shape index (κ1) is 8.84. The fourth-order valence-electron chi connectivity index (χ4n) is 0.666. The van der Waals surface area contributed by atoms with Gasteiger partial charge in [-0.15, -0.1) is 5.43 Å². The van der Waals surface area contributed by atoms with Gasteiger partial charge in [0, 0.05) is 6.07 Å². The van der Waals surface area contributed by atoms with Crippen LogP contribution < -0.4 is 5.43 Å². The molecule has 8 nitrogen and oxygen atoms in total. The highest BCUT2D eigenvalue weighted by Crippen LogP contribution is 2.10. The number of anilines is 1. The topological polar surface area (TPSA) is 111 Å². The molecule has 1 N–H and O–H groups in total. The average molecular weight is 184 g/mol. The van der Waals surface area contributed by atoms with Crippen LogP contribution in [0.15, 0.2) is 18.3 Å². The molecule has 1 heterocycles. The molecule has 1 rings (SSSR count). The third-order valence-electron chi connectivity index (χ3n) is 1.16. The summed E-state index contributed by atoms with van der Waals surface area (Å²) >= 11 is 0.